The van der Waals surface area contributed by atoms with E-state index in [4.69, 9.17) is 3.76 Å². The van der Waals surface area contributed by atoms with E-state index >= 15 is 0 Å². The van der Waals surface area contributed by atoms with Crippen LogP contribution in [0.4, 0.5) is 0 Å². The molecule has 0 N–H and O–H groups in total. The van der Waals surface area contributed by atoms with Gasteiger partial charge in [0.25, 0.3) is 0 Å². The second-order valence-corrected chi connectivity index (χ2v) is 28.7. The average molecular weight is 500 g/mol. The van der Waals surface area contributed by atoms with E-state index in [-0.39, 0.29) is 0 Å². The molecule has 2 heterocycles. The molecule has 2 atom stereocenters. The summed E-state index contributed by atoms with van der Waals surface area (Å²) in [5.74, 6) is 0. The van der Waals surface area contributed by atoms with Crippen molar-refractivity contribution in [2.45, 2.75) is 50.5 Å². The van der Waals surface area contributed by atoms with Gasteiger partial charge in [0.15, 0.2) is 0 Å². The van der Waals surface area contributed by atoms with Crippen LogP contribution >= 0.6 is 15.9 Å². The Morgan fingerprint density at radius 2 is 1.68 bits per heavy atom. The van der Waals surface area contributed by atoms with Crippen LogP contribution in [-0.4, -0.2) is 50.7 Å². The van der Waals surface area contributed by atoms with Crippen LogP contribution in [-0.2, 0) is 3.76 Å². The van der Waals surface area contributed by atoms with Crippen molar-refractivity contribution in [3.63, 3.8) is 0 Å². The number of hydrogen-bond acceptors (Lipinski definition) is 3. The molecule has 0 radical (unpaired) electrons. The zero-order valence-electron chi connectivity index (χ0n) is 16.3. The van der Waals surface area contributed by atoms with Crippen molar-refractivity contribution in [2.75, 3.05) is 13.2 Å². The summed E-state index contributed by atoms with van der Waals surface area (Å²) in [5.41, 5.74) is 1.42. The number of nitrogens with zero attached hydrogens (tertiary/aromatic N) is 2. The van der Waals surface area contributed by atoms with Crippen LogP contribution in [0.25, 0.3) is 0 Å². The van der Waals surface area contributed by atoms with Gasteiger partial charge in [0.2, 0.25) is 0 Å². The van der Waals surface area contributed by atoms with Gasteiger partial charge in [-0.1, -0.05) is 0 Å². The van der Waals surface area contributed by atoms with Crippen LogP contribution in [0.5, 0.6) is 0 Å². The maximum absolute atomic E-state index is 6.94. The summed E-state index contributed by atoms with van der Waals surface area (Å²) in [4.78, 5) is 0. The normalized spacial score (nSPS) is 27.0. The fourth-order valence-electron chi connectivity index (χ4n) is 4.76. The molecule has 7 heteroatoms. The average Bonchev–Trinajstić information content (AvgIpc) is 2.84. The first kappa shape index (κ1) is 19.9. The minimum absolute atomic E-state index is 0.437. The summed E-state index contributed by atoms with van der Waals surface area (Å²) in [6, 6.07) is 8.94. The number of fused-ring (bicyclic) bond motifs is 1. The topological polar surface area (TPSA) is 15.7 Å². The van der Waals surface area contributed by atoms with Crippen molar-refractivity contribution in [2.24, 2.45) is 0 Å². The van der Waals surface area contributed by atoms with Crippen LogP contribution in [0.2, 0.25) is 39.3 Å². The Balaban J connectivity index is 2.15. The van der Waals surface area contributed by atoms with Gasteiger partial charge in [-0.15, -0.1) is 0 Å². The molecular weight excluding hydrogens is 469 g/mol. The summed E-state index contributed by atoms with van der Waals surface area (Å²) in [6.45, 7) is 17.2. The molecule has 0 aromatic heterocycles. The van der Waals surface area contributed by atoms with Gasteiger partial charge >= 0.3 is 167 Å². The maximum atomic E-state index is 6.94. The van der Waals surface area contributed by atoms with Gasteiger partial charge in [-0.2, -0.15) is 0 Å². The molecule has 1 aromatic carbocycles. The summed E-state index contributed by atoms with van der Waals surface area (Å²) in [6.07, 6.45) is 5.97. The van der Waals surface area contributed by atoms with Crippen molar-refractivity contribution < 1.29 is 3.76 Å². The monoisotopic (exact) mass is 500 g/mol. The van der Waals surface area contributed by atoms with E-state index in [1.165, 1.54) is 5.56 Å². The van der Waals surface area contributed by atoms with Crippen LogP contribution in [0.3, 0.4) is 0 Å². The van der Waals surface area contributed by atoms with Crippen LogP contribution in [0, 0.1) is 0 Å². The van der Waals surface area contributed by atoms with E-state index in [9.17, 15) is 0 Å². The first-order valence-electron chi connectivity index (χ1n) is 9.22. The van der Waals surface area contributed by atoms with E-state index in [2.05, 4.69) is 98.8 Å². The molecular formula is C18H31BrGeN2OSi2. The Hall–Kier alpha value is 0.137. The zero-order chi connectivity index (χ0) is 18.5. The first-order chi connectivity index (χ1) is 11.6. The number of benzene rings is 1. The zero-order valence-corrected chi connectivity index (χ0v) is 22.0. The molecule has 0 bridgehead atoms. The SMILES string of the molecule is C[Si](C)(C)[N]([Si](C)(C)C)[Ge]12[O]CCC[N]1C=C[CH]2c1ccc(Br)cc1. The number of allylic oxidation sites excluding steroid dienone is 1. The van der Waals surface area contributed by atoms with Crippen LogP contribution < -0.4 is 0 Å². The Morgan fingerprint density at radius 1 is 1.08 bits per heavy atom. The summed E-state index contributed by atoms with van der Waals surface area (Å²) < 4.78 is 14.2. The van der Waals surface area contributed by atoms with Gasteiger partial charge < -0.3 is 0 Å². The van der Waals surface area contributed by atoms with Crippen molar-refractivity contribution in [1.29, 1.82) is 0 Å². The minimum atomic E-state index is -2.95. The molecule has 138 valence electrons. The fourth-order valence-corrected chi connectivity index (χ4v) is 38.0. The summed E-state index contributed by atoms with van der Waals surface area (Å²) in [7, 11) is -3.06. The Kier molecular flexibility index (Phi) is 5.52. The van der Waals surface area contributed by atoms with Gasteiger partial charge in [-0.05, 0) is 0 Å². The van der Waals surface area contributed by atoms with Crippen LogP contribution in [0.15, 0.2) is 41.0 Å². The second kappa shape index (κ2) is 6.94. The molecule has 1 aromatic rings. The van der Waals surface area contributed by atoms with E-state index in [1.807, 2.05) is 0 Å². The van der Waals surface area contributed by atoms with Crippen LogP contribution in [0.1, 0.15) is 16.7 Å². The van der Waals surface area contributed by atoms with Crippen molar-refractivity contribution >= 4 is 46.4 Å². The van der Waals surface area contributed by atoms with E-state index in [0.717, 1.165) is 24.0 Å². The van der Waals surface area contributed by atoms with Gasteiger partial charge in [0.05, 0.1) is 0 Å². The third kappa shape index (κ3) is 3.62. The molecule has 2 aliphatic heterocycles. The summed E-state index contributed by atoms with van der Waals surface area (Å²) >= 11 is 0.640. The summed E-state index contributed by atoms with van der Waals surface area (Å²) in [5, 5.41) is 0. The molecule has 0 saturated carbocycles. The Morgan fingerprint density at radius 3 is 2.24 bits per heavy atom. The number of hydrogen-bond donors (Lipinski definition) is 0. The molecule has 25 heavy (non-hydrogen) atoms. The molecule has 2 aliphatic rings. The van der Waals surface area contributed by atoms with Crippen molar-refractivity contribution in [3.05, 3.63) is 46.6 Å². The number of halogens is 1. The molecule has 1 fully saturated rings. The predicted molar refractivity (Wildman–Crippen MR) is 118 cm³/mol. The predicted octanol–water partition coefficient (Wildman–Crippen LogP) is 5.23. The van der Waals surface area contributed by atoms with E-state index in [0.29, 0.717) is 4.75 Å². The van der Waals surface area contributed by atoms with E-state index in [1.54, 1.807) is 0 Å². The molecule has 3 nitrogen and oxygen atoms in total. The Labute approximate surface area is 166 Å². The van der Waals surface area contributed by atoms with Gasteiger partial charge in [-0.25, -0.2) is 0 Å². The molecule has 3 rings (SSSR count). The fraction of sp³-hybridized carbons (Fsp3) is 0.556. The molecule has 0 spiro atoms. The first-order valence-corrected chi connectivity index (χ1v) is 20.8. The van der Waals surface area contributed by atoms with E-state index < -0.39 is 30.5 Å². The molecule has 1 saturated heterocycles. The Bertz CT molecular complexity index is 643. The molecule has 0 aliphatic carbocycles. The third-order valence-corrected chi connectivity index (χ3v) is 32.0. The van der Waals surface area contributed by atoms with Crippen molar-refractivity contribution in [3.8, 4) is 0 Å². The quantitative estimate of drug-likeness (QED) is 0.527. The van der Waals surface area contributed by atoms with Crippen molar-refractivity contribution in [1.82, 2.24) is 7.05 Å². The van der Waals surface area contributed by atoms with Gasteiger partial charge in [0, 0.05) is 0 Å². The van der Waals surface area contributed by atoms with Gasteiger partial charge in [0.1, 0.15) is 0 Å². The second-order valence-electron chi connectivity index (χ2n) is 9.10. The molecule has 0 amide bonds. The third-order valence-electron chi connectivity index (χ3n) is 5.02. The number of rotatable bonds is 4. The van der Waals surface area contributed by atoms with Gasteiger partial charge in [-0.3, -0.25) is 0 Å². The molecule has 2 unspecified atom stereocenters. The standard InChI is InChI=1S/C18H31BrGeN2OSi2/c1-24(2,3)22(25(4,5)6)20-18(16-8-10-17(19)11-9-16)12-14-21(20)13-7-15-23-20/h8-12,14,18H,7,13,15H2,1-6H3.